The molecule has 8 atom stereocenters. The first-order valence-corrected chi connectivity index (χ1v) is 10.7. The summed E-state index contributed by atoms with van der Waals surface area (Å²) in [6.45, 7) is 12.5. The van der Waals surface area contributed by atoms with Gasteiger partial charge >= 0.3 is 5.97 Å². The normalized spacial score (nSPS) is 45.9. The van der Waals surface area contributed by atoms with Crippen molar-refractivity contribution in [2.75, 3.05) is 6.61 Å². The quantitative estimate of drug-likeness (QED) is 0.369. The van der Waals surface area contributed by atoms with Gasteiger partial charge in [-0.2, -0.15) is 0 Å². The number of fused-ring (bicyclic) bond motifs is 3. The van der Waals surface area contributed by atoms with Crippen LogP contribution in [0.3, 0.4) is 0 Å². The lowest BCUT2D eigenvalue weighted by atomic mass is 9.59. The SMILES string of the molecule is C=C(C)C(=O)O[C@H]1C(C)=C[C@]23C(=O)[C@@H](C=C(CO)[C@@H](O)[C@]12O)C1[C@@H](C[C@H]3C)C1(C)C. The molecule has 0 saturated heterocycles. The van der Waals surface area contributed by atoms with E-state index in [1.54, 1.807) is 19.1 Å². The van der Waals surface area contributed by atoms with Crippen LogP contribution in [0.5, 0.6) is 0 Å². The largest absolute Gasteiger partial charge is 0.451 e. The monoisotopic (exact) mass is 416 g/mol. The maximum atomic E-state index is 14.1. The van der Waals surface area contributed by atoms with Crippen LogP contribution in [0.1, 0.15) is 41.0 Å². The molecule has 0 aromatic carbocycles. The van der Waals surface area contributed by atoms with Gasteiger partial charge in [-0.05, 0) is 54.6 Å². The highest BCUT2D eigenvalue weighted by Gasteiger charge is 2.76. The number of aliphatic hydroxyl groups excluding tert-OH is 2. The molecule has 3 N–H and O–H groups in total. The van der Waals surface area contributed by atoms with E-state index < -0.39 is 41.7 Å². The van der Waals surface area contributed by atoms with Crippen LogP contribution in [0.2, 0.25) is 0 Å². The van der Waals surface area contributed by atoms with Gasteiger partial charge in [0.1, 0.15) is 6.10 Å². The molecular formula is C24H32O6. The topological polar surface area (TPSA) is 104 Å². The number of Topliss-reactive ketones (excluding diaryl/α,β-unsaturated/α-hetero) is 1. The van der Waals surface area contributed by atoms with E-state index in [2.05, 4.69) is 20.4 Å². The van der Waals surface area contributed by atoms with Crippen molar-refractivity contribution < 1.29 is 29.6 Å². The second-order valence-electron chi connectivity index (χ2n) is 10.4. The van der Waals surface area contributed by atoms with Crippen molar-refractivity contribution in [3.63, 3.8) is 0 Å². The Morgan fingerprint density at radius 2 is 2.00 bits per heavy atom. The Bertz CT molecular complexity index is 897. The van der Waals surface area contributed by atoms with E-state index >= 15 is 0 Å². The van der Waals surface area contributed by atoms with Crippen LogP contribution >= 0.6 is 0 Å². The first-order chi connectivity index (χ1) is 13.9. The highest BCUT2D eigenvalue weighted by Crippen LogP contribution is 2.71. The minimum absolute atomic E-state index is 0.0240. The summed E-state index contributed by atoms with van der Waals surface area (Å²) in [5, 5.41) is 33.5. The maximum absolute atomic E-state index is 14.1. The summed E-state index contributed by atoms with van der Waals surface area (Å²) in [7, 11) is 0. The van der Waals surface area contributed by atoms with E-state index in [9.17, 15) is 24.9 Å². The van der Waals surface area contributed by atoms with Crippen molar-refractivity contribution >= 4 is 11.8 Å². The molecular weight excluding hydrogens is 384 g/mol. The lowest BCUT2D eigenvalue weighted by Gasteiger charge is -2.48. The Labute approximate surface area is 177 Å². The third kappa shape index (κ3) is 2.36. The Morgan fingerprint density at radius 3 is 2.57 bits per heavy atom. The van der Waals surface area contributed by atoms with Gasteiger partial charge in [-0.3, -0.25) is 4.79 Å². The van der Waals surface area contributed by atoms with E-state index in [0.717, 1.165) is 6.42 Å². The van der Waals surface area contributed by atoms with Crippen molar-refractivity contribution in [1.29, 1.82) is 0 Å². The molecule has 2 fully saturated rings. The summed E-state index contributed by atoms with van der Waals surface area (Å²) in [6.07, 6.45) is 1.35. The van der Waals surface area contributed by atoms with Crippen molar-refractivity contribution in [3.05, 3.63) is 35.5 Å². The van der Waals surface area contributed by atoms with E-state index in [1.807, 2.05) is 6.92 Å². The molecule has 0 aromatic heterocycles. The molecule has 0 aromatic rings. The fourth-order valence-corrected chi connectivity index (χ4v) is 6.80. The average Bonchev–Trinajstić information content (AvgIpc) is 3.16. The summed E-state index contributed by atoms with van der Waals surface area (Å²) in [5.41, 5.74) is -2.63. The molecule has 2 saturated carbocycles. The zero-order chi connectivity index (χ0) is 22.4. The van der Waals surface area contributed by atoms with Gasteiger partial charge in [0, 0.05) is 11.5 Å². The molecule has 6 nitrogen and oxygen atoms in total. The van der Waals surface area contributed by atoms with Crippen LogP contribution in [-0.4, -0.2) is 51.5 Å². The summed E-state index contributed by atoms with van der Waals surface area (Å²) in [6, 6.07) is 0. The number of rotatable bonds is 3. The fourth-order valence-electron chi connectivity index (χ4n) is 6.80. The summed E-state index contributed by atoms with van der Waals surface area (Å²) < 4.78 is 5.60. The van der Waals surface area contributed by atoms with Gasteiger partial charge in [0.25, 0.3) is 0 Å². The highest BCUT2D eigenvalue weighted by atomic mass is 16.6. The van der Waals surface area contributed by atoms with Crippen LogP contribution in [0.4, 0.5) is 0 Å². The van der Waals surface area contributed by atoms with E-state index in [4.69, 9.17) is 4.74 Å². The van der Waals surface area contributed by atoms with Crippen LogP contribution in [0.25, 0.3) is 0 Å². The standard InChI is InChI=1S/C24H32O6/c1-11(2)21(28)30-20-12(3)9-23-13(4)7-16-17(22(16,5)6)15(19(23)27)8-14(10-25)18(26)24(20,23)29/h8-9,13,15-18,20,25-26,29H,1,7,10H2,2-6H3/t13-,15+,16-,17?,18-,20+,23+,24+/m1/s1. The van der Waals surface area contributed by atoms with Crippen molar-refractivity contribution in [2.24, 2.45) is 34.5 Å². The summed E-state index contributed by atoms with van der Waals surface area (Å²) in [5.74, 6) is -1.25. The second-order valence-corrected chi connectivity index (χ2v) is 10.4. The minimum Gasteiger partial charge on any atom is -0.451 e. The molecule has 0 aliphatic heterocycles. The molecule has 1 unspecified atom stereocenters. The Balaban J connectivity index is 1.93. The molecule has 0 radical (unpaired) electrons. The van der Waals surface area contributed by atoms with Gasteiger partial charge in [-0.25, -0.2) is 4.79 Å². The predicted octanol–water partition coefficient (Wildman–Crippen LogP) is 1.94. The van der Waals surface area contributed by atoms with Crippen LogP contribution < -0.4 is 0 Å². The van der Waals surface area contributed by atoms with E-state index in [0.29, 0.717) is 11.5 Å². The number of carbonyl (C=O) groups excluding carboxylic acids is 2. The molecule has 0 heterocycles. The van der Waals surface area contributed by atoms with Gasteiger partial charge in [0.15, 0.2) is 17.5 Å². The van der Waals surface area contributed by atoms with Gasteiger partial charge < -0.3 is 20.1 Å². The predicted molar refractivity (Wildman–Crippen MR) is 110 cm³/mol. The molecule has 0 amide bonds. The number of esters is 1. The van der Waals surface area contributed by atoms with Crippen LogP contribution in [0.15, 0.2) is 35.5 Å². The molecule has 164 valence electrons. The lowest BCUT2D eigenvalue weighted by molar-refractivity contribution is -0.201. The van der Waals surface area contributed by atoms with Gasteiger partial charge in [0.2, 0.25) is 0 Å². The van der Waals surface area contributed by atoms with Crippen LogP contribution in [0, 0.1) is 34.5 Å². The van der Waals surface area contributed by atoms with Gasteiger partial charge in [0.05, 0.1) is 12.0 Å². The number of ketones is 1. The summed E-state index contributed by atoms with van der Waals surface area (Å²) >= 11 is 0. The third-order valence-corrected chi connectivity index (χ3v) is 8.47. The average molecular weight is 417 g/mol. The van der Waals surface area contributed by atoms with E-state index in [-0.39, 0.29) is 34.2 Å². The first-order valence-electron chi connectivity index (χ1n) is 10.7. The van der Waals surface area contributed by atoms with Crippen molar-refractivity contribution in [3.8, 4) is 0 Å². The minimum atomic E-state index is -2.09. The highest BCUT2D eigenvalue weighted by molar-refractivity contribution is 5.95. The smallest absolute Gasteiger partial charge is 0.333 e. The third-order valence-electron chi connectivity index (χ3n) is 8.47. The number of carbonyl (C=O) groups is 2. The number of allylic oxidation sites excluding steroid dienone is 1. The Hall–Kier alpha value is -1.76. The van der Waals surface area contributed by atoms with Crippen LogP contribution in [-0.2, 0) is 14.3 Å². The first kappa shape index (κ1) is 21.5. The number of hydrogen-bond donors (Lipinski definition) is 3. The molecule has 6 heteroatoms. The van der Waals surface area contributed by atoms with Crippen molar-refractivity contribution in [2.45, 2.75) is 58.8 Å². The molecule has 30 heavy (non-hydrogen) atoms. The molecule has 4 aliphatic carbocycles. The molecule has 4 aliphatic rings. The number of hydrogen-bond acceptors (Lipinski definition) is 6. The van der Waals surface area contributed by atoms with E-state index in [1.165, 1.54) is 6.92 Å². The van der Waals surface area contributed by atoms with Gasteiger partial charge in [-0.15, -0.1) is 0 Å². The zero-order valence-electron chi connectivity index (χ0n) is 18.3. The second kappa shape index (κ2) is 6.38. The summed E-state index contributed by atoms with van der Waals surface area (Å²) in [4.78, 5) is 26.5. The van der Waals surface area contributed by atoms with Gasteiger partial charge in [-0.1, -0.05) is 39.5 Å². The Morgan fingerprint density at radius 1 is 1.37 bits per heavy atom. The van der Waals surface area contributed by atoms with Crippen molar-refractivity contribution in [1.82, 2.24) is 0 Å². The zero-order valence-corrected chi connectivity index (χ0v) is 18.3. The fraction of sp³-hybridized carbons (Fsp3) is 0.667. The number of aliphatic hydroxyl groups is 3. The molecule has 2 bridgehead atoms. The molecule has 4 rings (SSSR count). The number of ether oxygens (including phenoxy) is 1. The lowest BCUT2D eigenvalue weighted by Crippen LogP contribution is -2.65. The Kier molecular flexibility index (Phi) is 4.56. The molecule has 1 spiro atoms. The maximum Gasteiger partial charge on any atom is 0.333 e.